The molecule has 0 aliphatic heterocycles. The zero-order chi connectivity index (χ0) is 20.5. The number of benzene rings is 1. The number of nitrogens with one attached hydrogen (secondary N) is 2. The van der Waals surface area contributed by atoms with Gasteiger partial charge in [0.15, 0.2) is 5.13 Å². The Hall–Kier alpha value is -2.93. The van der Waals surface area contributed by atoms with Crippen molar-refractivity contribution in [3.63, 3.8) is 0 Å². The van der Waals surface area contributed by atoms with E-state index in [-0.39, 0.29) is 0 Å². The lowest BCUT2D eigenvalue weighted by molar-refractivity contribution is 0.210. The molecule has 29 heavy (non-hydrogen) atoms. The summed E-state index contributed by atoms with van der Waals surface area (Å²) in [6, 6.07) is 9.14. The normalized spacial score (nSPS) is 13.1. The molecule has 0 bridgehead atoms. The number of hydrogen-bond donors (Lipinski definition) is 3. The Morgan fingerprint density at radius 3 is 2.45 bits per heavy atom. The number of rotatable bonds is 4. The van der Waals surface area contributed by atoms with E-state index >= 15 is 0 Å². The molecule has 2 aromatic heterocycles. The molecule has 0 radical (unpaired) electrons. The minimum Gasteiger partial charge on any atom is -0.465 e. The summed E-state index contributed by atoms with van der Waals surface area (Å²) in [6.45, 7) is 1.95. The van der Waals surface area contributed by atoms with E-state index in [1.54, 1.807) is 24.5 Å². The first kappa shape index (κ1) is 20.8. The predicted octanol–water partition coefficient (Wildman–Crippen LogP) is 6.69. The summed E-state index contributed by atoms with van der Waals surface area (Å²) in [7, 11) is 0. The number of amides is 1. The van der Waals surface area contributed by atoms with Crippen LogP contribution >= 0.6 is 11.3 Å². The van der Waals surface area contributed by atoms with E-state index in [0.29, 0.717) is 5.69 Å². The van der Waals surface area contributed by atoms with Gasteiger partial charge in [0.1, 0.15) is 0 Å². The van der Waals surface area contributed by atoms with Crippen LogP contribution < -0.4 is 10.6 Å². The van der Waals surface area contributed by atoms with Crippen LogP contribution in [0.4, 0.5) is 21.3 Å². The molecule has 1 fully saturated rings. The zero-order valence-electron chi connectivity index (χ0n) is 16.5. The summed E-state index contributed by atoms with van der Waals surface area (Å²) >= 11 is 1.48. The Balaban J connectivity index is 0.000000343. The fourth-order valence-corrected chi connectivity index (χ4v) is 3.84. The molecule has 1 aliphatic carbocycles. The van der Waals surface area contributed by atoms with Crippen LogP contribution in [0.5, 0.6) is 0 Å². The predicted molar refractivity (Wildman–Crippen MR) is 119 cm³/mol. The first-order valence-electron chi connectivity index (χ1n) is 9.85. The number of pyridine rings is 1. The zero-order valence-corrected chi connectivity index (χ0v) is 17.3. The molecule has 3 aromatic rings. The van der Waals surface area contributed by atoms with Crippen molar-refractivity contribution < 1.29 is 9.90 Å². The van der Waals surface area contributed by atoms with Crippen molar-refractivity contribution in [2.75, 3.05) is 10.6 Å². The summed E-state index contributed by atoms with van der Waals surface area (Å²) in [5, 5.41) is 17.1. The van der Waals surface area contributed by atoms with Gasteiger partial charge >= 0.3 is 6.09 Å². The SMILES string of the molecule is C1CCCCC1.Cc1ccc(NC(=O)O)cc1Nc1nc(-c2cccnc2)cs1. The number of nitrogens with zero attached hydrogens (tertiary/aromatic N) is 2. The van der Waals surface area contributed by atoms with E-state index in [2.05, 4.69) is 20.6 Å². The smallest absolute Gasteiger partial charge is 0.409 e. The molecule has 6 nitrogen and oxygen atoms in total. The van der Waals surface area contributed by atoms with E-state index in [9.17, 15) is 4.79 Å². The van der Waals surface area contributed by atoms with Gasteiger partial charge in [-0.2, -0.15) is 0 Å². The highest BCUT2D eigenvalue weighted by molar-refractivity contribution is 7.14. The van der Waals surface area contributed by atoms with Crippen molar-refractivity contribution >= 4 is 33.9 Å². The number of anilines is 3. The van der Waals surface area contributed by atoms with E-state index in [1.165, 1.54) is 49.9 Å². The van der Waals surface area contributed by atoms with Gasteiger partial charge in [-0.1, -0.05) is 44.6 Å². The van der Waals surface area contributed by atoms with Gasteiger partial charge in [0.05, 0.1) is 5.69 Å². The minimum absolute atomic E-state index is 0.509. The van der Waals surface area contributed by atoms with Gasteiger partial charge in [-0.05, 0) is 36.8 Å². The quantitative estimate of drug-likeness (QED) is 0.446. The third-order valence-electron chi connectivity index (χ3n) is 4.69. The van der Waals surface area contributed by atoms with Crippen LogP contribution in [-0.4, -0.2) is 21.2 Å². The maximum atomic E-state index is 10.7. The third kappa shape index (κ3) is 6.57. The Labute approximate surface area is 175 Å². The summed E-state index contributed by atoms with van der Waals surface area (Å²) < 4.78 is 0. The topological polar surface area (TPSA) is 87.1 Å². The van der Waals surface area contributed by atoms with Crippen LogP contribution in [0, 0.1) is 6.92 Å². The summed E-state index contributed by atoms with van der Waals surface area (Å²) in [4.78, 5) is 19.4. The second kappa shape index (κ2) is 10.6. The van der Waals surface area contributed by atoms with Crippen LogP contribution in [0.25, 0.3) is 11.3 Å². The first-order chi connectivity index (χ1) is 14.1. The monoisotopic (exact) mass is 410 g/mol. The average Bonchev–Trinajstić information content (AvgIpc) is 3.21. The molecule has 152 valence electrons. The van der Waals surface area contributed by atoms with E-state index in [1.807, 2.05) is 30.5 Å². The van der Waals surface area contributed by atoms with Crippen molar-refractivity contribution in [1.82, 2.24) is 9.97 Å². The van der Waals surface area contributed by atoms with Crippen LogP contribution in [0.3, 0.4) is 0 Å². The van der Waals surface area contributed by atoms with Gasteiger partial charge in [0, 0.05) is 34.7 Å². The van der Waals surface area contributed by atoms with E-state index in [0.717, 1.165) is 27.6 Å². The molecule has 4 rings (SSSR count). The Bertz CT molecular complexity index is 912. The fourth-order valence-electron chi connectivity index (χ4n) is 3.11. The lowest BCUT2D eigenvalue weighted by atomic mass is 10.0. The molecule has 1 aromatic carbocycles. The molecule has 0 atom stereocenters. The standard InChI is InChI=1S/C16H14N4O2S.C6H12/c1-10-4-5-12(18-16(21)22)7-13(10)19-15-20-14(9-23-15)11-3-2-6-17-8-11;1-2-4-6-5-3-1/h2-9,18H,1H3,(H,19,20)(H,21,22);1-6H2. The van der Waals surface area contributed by atoms with E-state index < -0.39 is 6.09 Å². The van der Waals surface area contributed by atoms with Crippen molar-refractivity contribution in [1.29, 1.82) is 0 Å². The summed E-state index contributed by atoms with van der Waals surface area (Å²) in [6.07, 6.45) is 11.4. The third-order valence-corrected chi connectivity index (χ3v) is 5.45. The number of hydrogen-bond acceptors (Lipinski definition) is 5. The second-order valence-electron chi connectivity index (χ2n) is 6.99. The van der Waals surface area contributed by atoms with Crippen LogP contribution in [-0.2, 0) is 0 Å². The largest absolute Gasteiger partial charge is 0.465 e. The van der Waals surface area contributed by atoms with Gasteiger partial charge in [-0.3, -0.25) is 10.3 Å². The lowest BCUT2D eigenvalue weighted by Gasteiger charge is -2.09. The number of aryl methyl sites for hydroxylation is 1. The molecule has 1 aliphatic rings. The van der Waals surface area contributed by atoms with Crippen molar-refractivity contribution in [3.05, 3.63) is 53.7 Å². The lowest BCUT2D eigenvalue weighted by Crippen LogP contribution is -2.07. The number of aromatic nitrogens is 2. The highest BCUT2D eigenvalue weighted by Gasteiger charge is 2.08. The molecular formula is C22H26N4O2S. The van der Waals surface area contributed by atoms with Gasteiger partial charge in [-0.25, -0.2) is 9.78 Å². The molecule has 2 heterocycles. The number of carboxylic acid groups (broad SMARTS) is 1. The van der Waals surface area contributed by atoms with Crippen molar-refractivity contribution in [3.8, 4) is 11.3 Å². The van der Waals surface area contributed by atoms with Crippen LogP contribution in [0.2, 0.25) is 0 Å². The van der Waals surface area contributed by atoms with E-state index in [4.69, 9.17) is 5.11 Å². The minimum atomic E-state index is -1.09. The summed E-state index contributed by atoms with van der Waals surface area (Å²) in [5.41, 5.74) is 4.12. The van der Waals surface area contributed by atoms with Gasteiger partial charge in [0.25, 0.3) is 0 Å². The molecule has 0 spiro atoms. The Kier molecular flexibility index (Phi) is 7.58. The maximum Gasteiger partial charge on any atom is 0.409 e. The van der Waals surface area contributed by atoms with Gasteiger partial charge in [-0.15, -0.1) is 11.3 Å². The van der Waals surface area contributed by atoms with Gasteiger partial charge < -0.3 is 10.4 Å². The molecule has 0 unspecified atom stereocenters. The van der Waals surface area contributed by atoms with Crippen molar-refractivity contribution in [2.45, 2.75) is 45.4 Å². The number of thiazole rings is 1. The molecule has 7 heteroatoms. The highest BCUT2D eigenvalue weighted by Crippen LogP contribution is 2.29. The van der Waals surface area contributed by atoms with Gasteiger partial charge in [0.2, 0.25) is 0 Å². The average molecular weight is 411 g/mol. The molecule has 1 amide bonds. The molecular weight excluding hydrogens is 384 g/mol. The Morgan fingerprint density at radius 2 is 1.83 bits per heavy atom. The molecule has 0 saturated heterocycles. The summed E-state index contributed by atoms with van der Waals surface area (Å²) in [5.74, 6) is 0. The fraction of sp³-hybridized carbons (Fsp3) is 0.318. The van der Waals surface area contributed by atoms with Crippen molar-refractivity contribution in [2.24, 2.45) is 0 Å². The Morgan fingerprint density at radius 1 is 1.10 bits per heavy atom. The second-order valence-corrected chi connectivity index (χ2v) is 7.84. The van der Waals surface area contributed by atoms with Crippen LogP contribution in [0.1, 0.15) is 44.1 Å². The number of carbonyl (C=O) groups is 1. The highest BCUT2D eigenvalue weighted by atomic mass is 32.1. The first-order valence-corrected chi connectivity index (χ1v) is 10.7. The van der Waals surface area contributed by atoms with Crippen LogP contribution in [0.15, 0.2) is 48.1 Å². The molecule has 3 N–H and O–H groups in total. The molecule has 1 saturated carbocycles. The maximum absolute atomic E-state index is 10.7.